The molecule has 1 nitrogen and oxygen atoms in total. The van der Waals surface area contributed by atoms with Gasteiger partial charge in [0.1, 0.15) is 5.75 Å². The number of ether oxygens (including phenoxy) is 1. The van der Waals surface area contributed by atoms with Crippen molar-refractivity contribution in [1.82, 2.24) is 0 Å². The molecule has 1 aromatic carbocycles. The van der Waals surface area contributed by atoms with Crippen LogP contribution in [0.2, 0.25) is 0 Å². The lowest BCUT2D eigenvalue weighted by atomic mass is 10.2. The molecule has 78 valence electrons. The number of rotatable bonds is 2. The van der Waals surface area contributed by atoms with Gasteiger partial charge >= 0.3 is 0 Å². The third kappa shape index (κ3) is 4.90. The van der Waals surface area contributed by atoms with E-state index >= 15 is 0 Å². The van der Waals surface area contributed by atoms with Crippen LogP contribution in [0.15, 0.2) is 24.3 Å². The maximum atomic E-state index is 5.26. The Morgan fingerprint density at radius 1 is 1.21 bits per heavy atom. The number of hydrogen-bond acceptors (Lipinski definition) is 1. The van der Waals surface area contributed by atoms with Gasteiger partial charge in [0.25, 0.3) is 0 Å². The van der Waals surface area contributed by atoms with Crippen molar-refractivity contribution in [3.63, 3.8) is 0 Å². The van der Waals surface area contributed by atoms with Gasteiger partial charge in [0.05, 0.1) is 6.61 Å². The predicted molar refractivity (Wildman–Crippen MR) is 60.7 cm³/mol. The largest absolute Gasteiger partial charge is 0.494 e. The summed E-state index contributed by atoms with van der Waals surface area (Å²) in [5.41, 5.74) is 1.27. The van der Waals surface area contributed by atoms with Gasteiger partial charge in [-0.15, -0.1) is 0 Å². The molecule has 1 fully saturated rings. The predicted octanol–water partition coefficient (Wildman–Crippen LogP) is 3.81. The Morgan fingerprint density at radius 3 is 2.07 bits per heavy atom. The van der Waals surface area contributed by atoms with Crippen LogP contribution in [0.1, 0.15) is 32.3 Å². The minimum atomic E-state index is 0.739. The molecule has 0 radical (unpaired) electrons. The smallest absolute Gasteiger partial charge is 0.119 e. The van der Waals surface area contributed by atoms with Crippen molar-refractivity contribution in [3.8, 4) is 5.75 Å². The lowest BCUT2D eigenvalue weighted by Crippen LogP contribution is -1.90. The third-order valence-corrected chi connectivity index (χ3v) is 2.20. The molecule has 1 heteroatoms. The number of hydrogen-bond donors (Lipinski definition) is 0. The Hall–Kier alpha value is -0.980. The second-order valence-electron chi connectivity index (χ2n) is 3.93. The van der Waals surface area contributed by atoms with Gasteiger partial charge in [-0.1, -0.05) is 37.5 Å². The van der Waals surface area contributed by atoms with Gasteiger partial charge in [0.15, 0.2) is 0 Å². The zero-order chi connectivity index (χ0) is 10.4. The maximum Gasteiger partial charge on any atom is 0.119 e. The summed E-state index contributed by atoms with van der Waals surface area (Å²) >= 11 is 0. The van der Waals surface area contributed by atoms with E-state index in [0.29, 0.717) is 0 Å². The molecule has 14 heavy (non-hydrogen) atoms. The summed E-state index contributed by atoms with van der Waals surface area (Å²) in [4.78, 5) is 0. The minimum absolute atomic E-state index is 0.739. The van der Waals surface area contributed by atoms with Crippen LogP contribution in [0.5, 0.6) is 5.75 Å². The van der Waals surface area contributed by atoms with E-state index in [1.54, 1.807) is 0 Å². The van der Waals surface area contributed by atoms with Crippen LogP contribution in [0.4, 0.5) is 0 Å². The molecule has 0 amide bonds. The first-order valence-electron chi connectivity index (χ1n) is 5.42. The Kier molecular flexibility index (Phi) is 4.51. The van der Waals surface area contributed by atoms with Crippen molar-refractivity contribution in [2.75, 3.05) is 6.61 Å². The molecule has 0 bridgehead atoms. The van der Waals surface area contributed by atoms with Gasteiger partial charge in [-0.2, -0.15) is 0 Å². The Balaban J connectivity index is 0.000000203. The van der Waals surface area contributed by atoms with Crippen molar-refractivity contribution < 1.29 is 4.74 Å². The third-order valence-electron chi connectivity index (χ3n) is 2.20. The molecule has 1 saturated carbocycles. The van der Waals surface area contributed by atoms with Gasteiger partial charge in [-0.05, 0) is 31.9 Å². The lowest BCUT2D eigenvalue weighted by molar-refractivity contribution is 0.340. The standard InChI is InChI=1S/C9H12O.C4H8/c1-3-10-9-6-4-8(2)5-7-9;1-4-2-3-4/h4-7H,3H2,1-2H3;4H,2-3H2,1H3. The summed E-state index contributed by atoms with van der Waals surface area (Å²) < 4.78 is 5.26. The summed E-state index contributed by atoms with van der Waals surface area (Å²) in [6.45, 7) is 7.07. The molecule has 1 aliphatic rings. The van der Waals surface area contributed by atoms with Gasteiger partial charge in [-0.3, -0.25) is 0 Å². The monoisotopic (exact) mass is 192 g/mol. The fourth-order valence-electron chi connectivity index (χ4n) is 0.968. The average molecular weight is 192 g/mol. The van der Waals surface area contributed by atoms with Gasteiger partial charge in [0.2, 0.25) is 0 Å². The SMILES string of the molecule is CC1CC1.CCOc1ccc(C)cc1. The summed E-state index contributed by atoms with van der Waals surface area (Å²) in [5, 5.41) is 0. The van der Waals surface area contributed by atoms with Crippen LogP contribution in [0.3, 0.4) is 0 Å². The molecule has 0 atom stereocenters. The van der Waals surface area contributed by atoms with Crippen molar-refractivity contribution in [2.24, 2.45) is 5.92 Å². The molecule has 0 N–H and O–H groups in total. The molecule has 0 saturated heterocycles. The van der Waals surface area contributed by atoms with E-state index in [1.165, 1.54) is 18.4 Å². The Morgan fingerprint density at radius 2 is 1.71 bits per heavy atom. The lowest BCUT2D eigenvalue weighted by Gasteiger charge is -2.01. The van der Waals surface area contributed by atoms with Crippen molar-refractivity contribution >= 4 is 0 Å². The number of aryl methyl sites for hydroxylation is 1. The van der Waals surface area contributed by atoms with E-state index in [4.69, 9.17) is 4.74 Å². The van der Waals surface area contributed by atoms with Crippen molar-refractivity contribution in [2.45, 2.75) is 33.6 Å². The van der Waals surface area contributed by atoms with Crippen LogP contribution in [-0.4, -0.2) is 6.61 Å². The van der Waals surface area contributed by atoms with Crippen LogP contribution in [0, 0.1) is 12.8 Å². The number of benzene rings is 1. The summed E-state index contributed by atoms with van der Waals surface area (Å²) in [7, 11) is 0. The second kappa shape index (κ2) is 5.69. The Labute approximate surface area is 87.1 Å². The molecule has 0 aromatic heterocycles. The topological polar surface area (TPSA) is 9.23 Å². The summed E-state index contributed by atoms with van der Waals surface area (Å²) in [6, 6.07) is 8.06. The first kappa shape index (κ1) is 11.1. The summed E-state index contributed by atoms with van der Waals surface area (Å²) in [5.74, 6) is 2.04. The fourth-order valence-corrected chi connectivity index (χ4v) is 0.968. The quantitative estimate of drug-likeness (QED) is 0.692. The van der Waals surface area contributed by atoms with E-state index in [9.17, 15) is 0 Å². The normalized spacial score (nSPS) is 14.2. The first-order valence-corrected chi connectivity index (χ1v) is 5.42. The first-order chi connectivity index (χ1) is 6.72. The van der Waals surface area contributed by atoms with Gasteiger partial charge < -0.3 is 4.74 Å². The second-order valence-corrected chi connectivity index (χ2v) is 3.93. The zero-order valence-corrected chi connectivity index (χ0v) is 9.42. The maximum absolute atomic E-state index is 5.26. The molecule has 0 heterocycles. The van der Waals surface area contributed by atoms with E-state index in [-0.39, 0.29) is 0 Å². The molecule has 2 rings (SSSR count). The highest BCUT2D eigenvalue weighted by molar-refractivity contribution is 5.26. The van der Waals surface area contributed by atoms with Crippen molar-refractivity contribution in [1.29, 1.82) is 0 Å². The van der Waals surface area contributed by atoms with Gasteiger partial charge in [-0.25, -0.2) is 0 Å². The Bertz CT molecular complexity index is 246. The van der Waals surface area contributed by atoms with Crippen LogP contribution in [-0.2, 0) is 0 Å². The average Bonchev–Trinajstić information content (AvgIpc) is 2.94. The minimum Gasteiger partial charge on any atom is -0.494 e. The molecule has 0 spiro atoms. The zero-order valence-electron chi connectivity index (χ0n) is 9.42. The summed E-state index contributed by atoms with van der Waals surface area (Å²) in [6.07, 6.45) is 2.97. The fraction of sp³-hybridized carbons (Fsp3) is 0.538. The van der Waals surface area contributed by atoms with Crippen LogP contribution in [0.25, 0.3) is 0 Å². The van der Waals surface area contributed by atoms with E-state index < -0.39 is 0 Å². The molecule has 1 aliphatic carbocycles. The van der Waals surface area contributed by atoms with Crippen molar-refractivity contribution in [3.05, 3.63) is 29.8 Å². The molecular formula is C13H20O. The van der Waals surface area contributed by atoms with E-state index in [0.717, 1.165) is 18.3 Å². The van der Waals surface area contributed by atoms with E-state index in [1.807, 2.05) is 31.2 Å². The highest BCUT2D eigenvalue weighted by Gasteiger charge is 2.12. The van der Waals surface area contributed by atoms with Crippen LogP contribution >= 0.6 is 0 Å². The molecule has 0 aliphatic heterocycles. The van der Waals surface area contributed by atoms with Crippen LogP contribution < -0.4 is 4.74 Å². The highest BCUT2D eigenvalue weighted by atomic mass is 16.5. The molecular weight excluding hydrogens is 172 g/mol. The highest BCUT2D eigenvalue weighted by Crippen LogP contribution is 2.26. The van der Waals surface area contributed by atoms with Gasteiger partial charge in [0, 0.05) is 0 Å². The van der Waals surface area contributed by atoms with E-state index in [2.05, 4.69) is 13.8 Å². The molecule has 1 aromatic rings. The molecule has 0 unspecified atom stereocenters.